The van der Waals surface area contributed by atoms with E-state index in [4.69, 9.17) is 18.0 Å². The van der Waals surface area contributed by atoms with Gasteiger partial charge in [0.1, 0.15) is 6.61 Å². The first-order valence-electron chi connectivity index (χ1n) is 7.56. The van der Waals surface area contributed by atoms with E-state index in [1.54, 1.807) is 0 Å². The molecule has 0 aliphatic carbocycles. The van der Waals surface area contributed by atoms with Crippen LogP contribution in [0.5, 0.6) is 0 Å². The van der Waals surface area contributed by atoms with Crippen LogP contribution in [0.4, 0.5) is 4.79 Å². The minimum Gasteiger partial charge on any atom is -0.448 e. The zero-order chi connectivity index (χ0) is 16.8. The predicted octanol–water partition coefficient (Wildman–Crippen LogP) is 0.897. The fraction of sp³-hybridized carbons (Fsp3) is 0.846. The maximum Gasteiger partial charge on any atom is 0.502 e. The quantitative estimate of drug-likeness (QED) is 0.406. The van der Waals surface area contributed by atoms with E-state index < -0.39 is 14.9 Å². The summed E-state index contributed by atoms with van der Waals surface area (Å²) in [6, 6.07) is 0.476. The largest absolute Gasteiger partial charge is 0.502 e. The Balaban J connectivity index is 4.09. The van der Waals surface area contributed by atoms with E-state index in [2.05, 4.69) is 10.6 Å². The standard InChI is InChI=1S/C13H28N2O6Si/c1-5-19-22(20-6-2,21-7-3)11-9-15-13(17)18-10-8-14-12(4)16/h5-11H2,1-4H3,(H,14,16)(H,15,17). The van der Waals surface area contributed by atoms with Gasteiger partial charge in [-0.1, -0.05) is 0 Å². The van der Waals surface area contributed by atoms with Gasteiger partial charge in [0.2, 0.25) is 5.91 Å². The van der Waals surface area contributed by atoms with E-state index >= 15 is 0 Å². The number of nitrogens with one attached hydrogen (secondary N) is 2. The molecular formula is C13H28N2O6Si. The molecule has 9 heteroatoms. The lowest BCUT2D eigenvalue weighted by molar-refractivity contribution is -0.119. The van der Waals surface area contributed by atoms with Crippen molar-refractivity contribution < 1.29 is 27.6 Å². The predicted molar refractivity (Wildman–Crippen MR) is 83.5 cm³/mol. The van der Waals surface area contributed by atoms with Crippen molar-refractivity contribution in [1.29, 1.82) is 0 Å². The summed E-state index contributed by atoms with van der Waals surface area (Å²) in [6.07, 6.45) is -0.544. The Morgan fingerprint density at radius 2 is 1.45 bits per heavy atom. The molecule has 0 saturated carbocycles. The number of rotatable bonds is 12. The Hall–Kier alpha value is -1.16. The molecule has 0 radical (unpaired) electrons. The van der Waals surface area contributed by atoms with Crippen LogP contribution in [0.25, 0.3) is 0 Å². The van der Waals surface area contributed by atoms with Gasteiger partial charge < -0.3 is 28.6 Å². The Labute approximate surface area is 133 Å². The Kier molecular flexibility index (Phi) is 11.7. The van der Waals surface area contributed by atoms with Crippen LogP contribution in [0.3, 0.4) is 0 Å². The first kappa shape index (κ1) is 20.8. The summed E-state index contributed by atoms with van der Waals surface area (Å²) in [7, 11) is -2.74. The second kappa shape index (κ2) is 12.4. The molecule has 8 nitrogen and oxygen atoms in total. The molecule has 0 bridgehead atoms. The topological polar surface area (TPSA) is 95.1 Å². The third kappa shape index (κ3) is 9.72. The summed E-state index contributed by atoms with van der Waals surface area (Å²) in [5, 5.41) is 5.16. The minimum atomic E-state index is -2.74. The van der Waals surface area contributed by atoms with Crippen LogP contribution >= 0.6 is 0 Å². The number of hydrogen-bond acceptors (Lipinski definition) is 6. The van der Waals surface area contributed by atoms with Gasteiger partial charge in [-0.3, -0.25) is 4.79 Å². The highest BCUT2D eigenvalue weighted by molar-refractivity contribution is 6.60. The number of ether oxygens (including phenoxy) is 1. The SMILES string of the molecule is CCO[Si](CCNC(=O)OCCNC(C)=O)(OCC)OCC. The molecule has 22 heavy (non-hydrogen) atoms. The molecule has 0 unspecified atom stereocenters. The monoisotopic (exact) mass is 336 g/mol. The Morgan fingerprint density at radius 3 is 1.91 bits per heavy atom. The highest BCUT2D eigenvalue weighted by atomic mass is 28.4. The van der Waals surface area contributed by atoms with Crippen LogP contribution in [-0.4, -0.2) is 60.3 Å². The first-order valence-corrected chi connectivity index (χ1v) is 9.49. The van der Waals surface area contributed by atoms with Crippen LogP contribution in [0.15, 0.2) is 0 Å². The van der Waals surface area contributed by atoms with Crippen molar-refractivity contribution in [2.75, 3.05) is 39.5 Å². The first-order chi connectivity index (χ1) is 10.5. The van der Waals surface area contributed by atoms with Gasteiger partial charge in [0.05, 0.1) is 6.54 Å². The third-order valence-corrected chi connectivity index (χ3v) is 5.55. The van der Waals surface area contributed by atoms with E-state index in [1.165, 1.54) is 6.92 Å². The van der Waals surface area contributed by atoms with Gasteiger partial charge in [-0.05, 0) is 20.8 Å². The lowest BCUT2D eigenvalue weighted by atomic mass is 10.6. The van der Waals surface area contributed by atoms with Crippen molar-refractivity contribution in [2.24, 2.45) is 0 Å². The van der Waals surface area contributed by atoms with Crippen molar-refractivity contribution in [1.82, 2.24) is 10.6 Å². The second-order valence-corrected chi connectivity index (χ2v) is 7.01. The lowest BCUT2D eigenvalue weighted by Gasteiger charge is -2.28. The minimum absolute atomic E-state index is 0.121. The molecule has 2 amide bonds. The van der Waals surface area contributed by atoms with Gasteiger partial charge in [-0.15, -0.1) is 0 Å². The molecule has 0 saturated heterocycles. The summed E-state index contributed by atoms with van der Waals surface area (Å²) >= 11 is 0. The number of hydrogen-bond donors (Lipinski definition) is 2. The van der Waals surface area contributed by atoms with Gasteiger partial charge in [0, 0.05) is 39.3 Å². The van der Waals surface area contributed by atoms with Gasteiger partial charge in [-0.25, -0.2) is 4.79 Å². The molecule has 0 rings (SSSR count). The summed E-state index contributed by atoms with van der Waals surface area (Å²) in [4.78, 5) is 22.1. The van der Waals surface area contributed by atoms with Crippen LogP contribution in [-0.2, 0) is 22.8 Å². The van der Waals surface area contributed by atoms with Gasteiger partial charge in [0.25, 0.3) is 0 Å². The smallest absolute Gasteiger partial charge is 0.448 e. The zero-order valence-electron chi connectivity index (χ0n) is 13.9. The molecule has 0 aliphatic rings. The highest BCUT2D eigenvalue weighted by Gasteiger charge is 2.39. The van der Waals surface area contributed by atoms with Gasteiger partial charge in [-0.2, -0.15) is 0 Å². The molecule has 0 aromatic heterocycles. The number of carbonyl (C=O) groups is 2. The van der Waals surface area contributed by atoms with Crippen LogP contribution in [0.1, 0.15) is 27.7 Å². The summed E-state index contributed by atoms with van der Waals surface area (Å²) in [5.74, 6) is -0.162. The molecule has 2 N–H and O–H groups in total. The normalized spacial score (nSPS) is 11.1. The molecule has 130 valence electrons. The van der Waals surface area contributed by atoms with Crippen molar-refractivity contribution >= 4 is 20.8 Å². The van der Waals surface area contributed by atoms with Gasteiger partial charge >= 0.3 is 14.9 Å². The third-order valence-electron chi connectivity index (χ3n) is 2.50. The average molecular weight is 336 g/mol. The summed E-state index contributed by atoms with van der Waals surface area (Å²) in [6.45, 7) is 9.27. The molecule has 0 aliphatic heterocycles. The van der Waals surface area contributed by atoms with E-state index in [0.717, 1.165) is 0 Å². The fourth-order valence-corrected chi connectivity index (χ4v) is 4.17. The Morgan fingerprint density at radius 1 is 0.909 bits per heavy atom. The van der Waals surface area contributed by atoms with Crippen LogP contribution in [0.2, 0.25) is 6.04 Å². The van der Waals surface area contributed by atoms with Crippen LogP contribution in [0, 0.1) is 0 Å². The molecule has 0 aromatic rings. The molecule has 0 aromatic carbocycles. The van der Waals surface area contributed by atoms with Crippen molar-refractivity contribution in [3.63, 3.8) is 0 Å². The second-order valence-electron chi connectivity index (χ2n) is 4.28. The fourth-order valence-electron chi connectivity index (χ4n) is 1.74. The molecule has 0 atom stereocenters. The average Bonchev–Trinajstić information content (AvgIpc) is 2.44. The molecule has 0 spiro atoms. The van der Waals surface area contributed by atoms with E-state index in [0.29, 0.717) is 32.4 Å². The maximum absolute atomic E-state index is 11.5. The highest BCUT2D eigenvalue weighted by Crippen LogP contribution is 2.15. The van der Waals surface area contributed by atoms with Crippen molar-refractivity contribution in [3.8, 4) is 0 Å². The Bertz CT molecular complexity index is 313. The van der Waals surface area contributed by atoms with E-state index in [9.17, 15) is 9.59 Å². The van der Waals surface area contributed by atoms with Crippen molar-refractivity contribution in [3.05, 3.63) is 0 Å². The van der Waals surface area contributed by atoms with E-state index in [1.807, 2.05) is 20.8 Å². The van der Waals surface area contributed by atoms with Crippen molar-refractivity contribution in [2.45, 2.75) is 33.7 Å². The number of alkyl carbamates (subject to hydrolysis) is 1. The lowest BCUT2D eigenvalue weighted by Crippen LogP contribution is -2.48. The zero-order valence-corrected chi connectivity index (χ0v) is 14.9. The summed E-state index contributed by atoms with van der Waals surface area (Å²) < 4.78 is 21.9. The molecular weight excluding hydrogens is 308 g/mol. The van der Waals surface area contributed by atoms with E-state index in [-0.39, 0.29) is 19.1 Å². The summed E-state index contributed by atoms with van der Waals surface area (Å²) in [5.41, 5.74) is 0. The maximum atomic E-state index is 11.5. The van der Waals surface area contributed by atoms with Gasteiger partial charge in [0.15, 0.2) is 0 Å². The number of amides is 2. The molecule has 0 fully saturated rings. The number of carbonyl (C=O) groups excluding carboxylic acids is 2. The van der Waals surface area contributed by atoms with Crippen LogP contribution < -0.4 is 10.6 Å². The molecule has 0 heterocycles.